The summed E-state index contributed by atoms with van der Waals surface area (Å²) in [6, 6.07) is 7.93. The lowest BCUT2D eigenvalue weighted by Crippen LogP contribution is -2.41. The molecule has 1 aliphatic rings. The van der Waals surface area contributed by atoms with E-state index in [-0.39, 0.29) is 12.0 Å². The lowest BCUT2D eigenvalue weighted by atomic mass is 10.1. The molecule has 2 aromatic rings. The minimum absolute atomic E-state index is 0.00288. The first-order valence-electron chi connectivity index (χ1n) is 7.77. The van der Waals surface area contributed by atoms with Crippen LogP contribution in [0.4, 0.5) is 0 Å². The number of carbonyl (C=O) groups is 1. The van der Waals surface area contributed by atoms with Crippen molar-refractivity contribution in [1.29, 1.82) is 0 Å². The highest BCUT2D eigenvalue weighted by molar-refractivity contribution is 5.87. The van der Waals surface area contributed by atoms with Gasteiger partial charge in [0.05, 0.1) is 5.69 Å². The van der Waals surface area contributed by atoms with E-state index < -0.39 is 0 Å². The summed E-state index contributed by atoms with van der Waals surface area (Å²) in [6.45, 7) is 6.87. The summed E-state index contributed by atoms with van der Waals surface area (Å²) in [5, 5.41) is 3.89. The van der Waals surface area contributed by atoms with Crippen LogP contribution in [0.2, 0.25) is 0 Å². The molecule has 1 aromatic heterocycles. The van der Waals surface area contributed by atoms with Gasteiger partial charge in [-0.3, -0.25) is 4.79 Å². The summed E-state index contributed by atoms with van der Waals surface area (Å²) >= 11 is 0. The van der Waals surface area contributed by atoms with E-state index in [1.54, 1.807) is 6.26 Å². The molecule has 1 saturated heterocycles. The quantitative estimate of drug-likeness (QED) is 0.814. The number of aryl methyl sites for hydroxylation is 1. The molecule has 5 heteroatoms. The third kappa shape index (κ3) is 3.44. The molecule has 0 atom stereocenters. The molecular weight excluding hydrogens is 292 g/mol. The van der Waals surface area contributed by atoms with Gasteiger partial charge in [-0.2, -0.15) is 0 Å². The molecule has 0 N–H and O–H groups in total. The van der Waals surface area contributed by atoms with Gasteiger partial charge >= 0.3 is 0 Å². The smallest absolute Gasteiger partial charge is 0.245 e. The van der Waals surface area contributed by atoms with E-state index in [1.807, 2.05) is 36.1 Å². The van der Waals surface area contributed by atoms with Crippen molar-refractivity contribution in [3.8, 4) is 16.9 Å². The van der Waals surface area contributed by atoms with Gasteiger partial charge in [0, 0.05) is 31.5 Å². The number of carbonyl (C=O) groups excluding carboxylic acids is 1. The molecule has 2 heterocycles. The van der Waals surface area contributed by atoms with Crippen molar-refractivity contribution in [2.45, 2.75) is 25.9 Å². The van der Waals surface area contributed by atoms with Crippen molar-refractivity contribution in [3.63, 3.8) is 0 Å². The minimum Gasteiger partial charge on any atom is -0.490 e. The lowest BCUT2D eigenvalue weighted by molar-refractivity contribution is -0.127. The van der Waals surface area contributed by atoms with Crippen LogP contribution in [0.15, 0.2) is 47.7 Å². The zero-order valence-electron chi connectivity index (χ0n) is 13.2. The number of benzene rings is 1. The average molecular weight is 312 g/mol. The summed E-state index contributed by atoms with van der Waals surface area (Å²) < 4.78 is 11.0. The van der Waals surface area contributed by atoms with Gasteiger partial charge < -0.3 is 14.2 Å². The molecule has 3 rings (SSSR count). The number of piperidine rings is 1. The number of likely N-dealkylation sites (tertiary alicyclic amines) is 1. The Balaban J connectivity index is 1.58. The van der Waals surface area contributed by atoms with E-state index in [1.165, 1.54) is 6.08 Å². The SMILES string of the molecule is C=CC(=O)N1CCC(Oc2ccc(-c3conc3C)cc2)CC1. The molecule has 1 amide bonds. The van der Waals surface area contributed by atoms with E-state index in [0.29, 0.717) is 13.1 Å². The van der Waals surface area contributed by atoms with E-state index in [4.69, 9.17) is 9.26 Å². The van der Waals surface area contributed by atoms with Gasteiger partial charge in [0.15, 0.2) is 0 Å². The summed E-state index contributed by atoms with van der Waals surface area (Å²) in [7, 11) is 0. The second kappa shape index (κ2) is 6.69. The highest BCUT2D eigenvalue weighted by atomic mass is 16.5. The zero-order chi connectivity index (χ0) is 16.2. The highest BCUT2D eigenvalue weighted by Crippen LogP contribution is 2.26. The Labute approximate surface area is 135 Å². The molecule has 0 unspecified atom stereocenters. The van der Waals surface area contributed by atoms with Gasteiger partial charge in [-0.05, 0) is 30.7 Å². The molecule has 1 fully saturated rings. The van der Waals surface area contributed by atoms with Crippen molar-refractivity contribution in [2.24, 2.45) is 0 Å². The standard InChI is InChI=1S/C18H20N2O3/c1-3-18(21)20-10-8-16(9-11-20)23-15-6-4-14(5-7-15)17-12-22-19-13(17)2/h3-7,12,16H,1,8-11H2,2H3. The van der Waals surface area contributed by atoms with Gasteiger partial charge in [-0.25, -0.2) is 0 Å². The van der Waals surface area contributed by atoms with E-state index in [0.717, 1.165) is 35.4 Å². The second-order valence-corrected chi connectivity index (χ2v) is 5.68. The largest absolute Gasteiger partial charge is 0.490 e. The van der Waals surface area contributed by atoms with Crippen LogP contribution in [0.3, 0.4) is 0 Å². The number of rotatable bonds is 4. The maximum atomic E-state index is 11.6. The molecule has 1 aromatic carbocycles. The number of ether oxygens (including phenoxy) is 1. The maximum Gasteiger partial charge on any atom is 0.245 e. The molecule has 0 radical (unpaired) electrons. The third-order valence-corrected chi connectivity index (χ3v) is 4.15. The van der Waals surface area contributed by atoms with Crippen LogP contribution in [0, 0.1) is 6.92 Å². The van der Waals surface area contributed by atoms with Crippen molar-refractivity contribution >= 4 is 5.91 Å². The fourth-order valence-electron chi connectivity index (χ4n) is 2.80. The first kappa shape index (κ1) is 15.3. The second-order valence-electron chi connectivity index (χ2n) is 5.68. The topological polar surface area (TPSA) is 55.6 Å². The van der Waals surface area contributed by atoms with Gasteiger partial charge in [0.2, 0.25) is 5.91 Å². The molecule has 0 saturated carbocycles. The monoisotopic (exact) mass is 312 g/mol. The molecule has 0 spiro atoms. The van der Waals surface area contributed by atoms with E-state index in [9.17, 15) is 4.79 Å². The molecule has 1 aliphatic heterocycles. The lowest BCUT2D eigenvalue weighted by Gasteiger charge is -2.31. The maximum absolute atomic E-state index is 11.6. The zero-order valence-corrected chi connectivity index (χ0v) is 13.2. The predicted molar refractivity (Wildman–Crippen MR) is 87.1 cm³/mol. The molecular formula is C18H20N2O3. The number of hydrogen-bond acceptors (Lipinski definition) is 4. The summed E-state index contributed by atoms with van der Waals surface area (Å²) in [6.07, 6.45) is 4.84. The van der Waals surface area contributed by atoms with E-state index in [2.05, 4.69) is 11.7 Å². The van der Waals surface area contributed by atoms with Crippen molar-refractivity contribution in [2.75, 3.05) is 13.1 Å². The van der Waals surface area contributed by atoms with Crippen LogP contribution in [-0.4, -0.2) is 35.2 Å². The number of amides is 1. The van der Waals surface area contributed by atoms with Crippen molar-refractivity contribution in [1.82, 2.24) is 10.1 Å². The van der Waals surface area contributed by atoms with Crippen LogP contribution in [-0.2, 0) is 4.79 Å². The molecule has 23 heavy (non-hydrogen) atoms. The summed E-state index contributed by atoms with van der Waals surface area (Å²) in [5.74, 6) is 0.841. The van der Waals surface area contributed by atoms with Gasteiger partial charge in [0.25, 0.3) is 0 Å². The molecule has 0 aliphatic carbocycles. The minimum atomic E-state index is -0.00288. The Bertz CT molecular complexity index is 683. The number of hydrogen-bond donors (Lipinski definition) is 0. The molecule has 120 valence electrons. The Kier molecular flexibility index (Phi) is 4.46. The number of nitrogens with zero attached hydrogens (tertiary/aromatic N) is 2. The van der Waals surface area contributed by atoms with Gasteiger partial charge in [-0.15, -0.1) is 0 Å². The van der Waals surface area contributed by atoms with Crippen LogP contribution in [0.1, 0.15) is 18.5 Å². The molecule has 5 nitrogen and oxygen atoms in total. The summed E-state index contributed by atoms with van der Waals surface area (Å²) in [5.41, 5.74) is 2.92. The predicted octanol–water partition coefficient (Wildman–Crippen LogP) is 3.21. The van der Waals surface area contributed by atoms with Gasteiger partial charge in [0.1, 0.15) is 18.1 Å². The van der Waals surface area contributed by atoms with Crippen molar-refractivity contribution in [3.05, 3.63) is 48.9 Å². The molecule has 0 bridgehead atoms. The van der Waals surface area contributed by atoms with Crippen molar-refractivity contribution < 1.29 is 14.1 Å². The fourth-order valence-corrected chi connectivity index (χ4v) is 2.80. The Hall–Kier alpha value is -2.56. The third-order valence-electron chi connectivity index (χ3n) is 4.15. The van der Waals surface area contributed by atoms with Crippen LogP contribution in [0.25, 0.3) is 11.1 Å². The van der Waals surface area contributed by atoms with Gasteiger partial charge in [-0.1, -0.05) is 23.9 Å². The normalized spacial score (nSPS) is 15.4. The average Bonchev–Trinajstić information content (AvgIpc) is 3.01. The Morgan fingerprint density at radius 2 is 2.04 bits per heavy atom. The Morgan fingerprint density at radius 1 is 1.35 bits per heavy atom. The Morgan fingerprint density at radius 3 is 2.61 bits per heavy atom. The highest BCUT2D eigenvalue weighted by Gasteiger charge is 2.22. The first-order valence-corrected chi connectivity index (χ1v) is 7.77. The number of aromatic nitrogens is 1. The van der Waals surface area contributed by atoms with Crippen LogP contribution >= 0.6 is 0 Å². The van der Waals surface area contributed by atoms with Crippen LogP contribution in [0.5, 0.6) is 5.75 Å². The fraction of sp³-hybridized carbons (Fsp3) is 0.333. The summed E-state index contributed by atoms with van der Waals surface area (Å²) in [4.78, 5) is 13.4. The van der Waals surface area contributed by atoms with E-state index >= 15 is 0 Å². The van der Waals surface area contributed by atoms with Crippen LogP contribution < -0.4 is 4.74 Å². The first-order chi connectivity index (χ1) is 11.2.